The van der Waals surface area contributed by atoms with Gasteiger partial charge >= 0.3 is 5.63 Å². The first-order valence-corrected chi connectivity index (χ1v) is 9.48. The summed E-state index contributed by atoms with van der Waals surface area (Å²) in [5, 5.41) is 0.686. The zero-order valence-electron chi connectivity index (χ0n) is 15.3. The van der Waals surface area contributed by atoms with Crippen LogP contribution in [0.1, 0.15) is 25.2 Å². The monoisotopic (exact) mass is 366 g/mol. The first-order chi connectivity index (χ1) is 12.6. The van der Waals surface area contributed by atoms with Crippen LogP contribution in [0.15, 0.2) is 57.9 Å². The summed E-state index contributed by atoms with van der Waals surface area (Å²) in [7, 11) is 0. The van der Waals surface area contributed by atoms with Crippen molar-refractivity contribution >= 4 is 27.6 Å². The summed E-state index contributed by atoms with van der Waals surface area (Å²) < 4.78 is 6.68. The molecule has 3 rings (SSSR count). The first-order valence-electron chi connectivity index (χ1n) is 8.67. The summed E-state index contributed by atoms with van der Waals surface area (Å²) in [6.07, 6.45) is 3.66. The number of allylic oxidation sites excluding steroid dienone is 1. The Morgan fingerprint density at radius 3 is 2.69 bits per heavy atom. The molecule has 0 unspecified atom stereocenters. The van der Waals surface area contributed by atoms with Gasteiger partial charge in [0.1, 0.15) is 10.8 Å². The third-order valence-electron chi connectivity index (χ3n) is 4.31. The van der Waals surface area contributed by atoms with Crippen LogP contribution in [0.3, 0.4) is 0 Å². The topological polar surface area (TPSA) is 46.3 Å². The van der Waals surface area contributed by atoms with Crippen molar-refractivity contribution in [3.05, 3.63) is 70.4 Å². The average Bonchev–Trinajstić information content (AvgIpc) is 3.08. The molecule has 0 saturated heterocycles. The zero-order chi connectivity index (χ0) is 18.7. The minimum Gasteiger partial charge on any atom is -0.422 e. The number of hydrogen-bond acceptors (Lipinski definition) is 5. The number of thiazole rings is 1. The molecule has 134 valence electrons. The molecule has 0 amide bonds. The second kappa shape index (κ2) is 7.70. The molecule has 0 bridgehead atoms. The summed E-state index contributed by atoms with van der Waals surface area (Å²) in [5.74, 6) is 0.557. The van der Waals surface area contributed by atoms with Gasteiger partial charge in [-0.1, -0.05) is 18.7 Å². The maximum Gasteiger partial charge on any atom is 0.346 e. The molecule has 0 saturated carbocycles. The Kier molecular flexibility index (Phi) is 5.38. The van der Waals surface area contributed by atoms with E-state index >= 15 is 0 Å². The van der Waals surface area contributed by atoms with Gasteiger partial charge in [-0.25, -0.2) is 9.78 Å². The van der Waals surface area contributed by atoms with Crippen molar-refractivity contribution < 1.29 is 4.42 Å². The molecule has 0 aliphatic heterocycles. The fraction of sp³-hybridized carbons (Fsp3) is 0.238. The first kappa shape index (κ1) is 18.1. The van der Waals surface area contributed by atoms with Gasteiger partial charge < -0.3 is 9.32 Å². The molecule has 0 N–H and O–H groups in total. The van der Waals surface area contributed by atoms with E-state index in [9.17, 15) is 4.79 Å². The van der Waals surface area contributed by atoms with Crippen LogP contribution in [0, 0.1) is 6.92 Å². The van der Waals surface area contributed by atoms with E-state index in [1.54, 1.807) is 6.08 Å². The van der Waals surface area contributed by atoms with Gasteiger partial charge in [-0.2, -0.15) is 0 Å². The summed E-state index contributed by atoms with van der Waals surface area (Å²) in [4.78, 5) is 19.3. The normalized spacial score (nSPS) is 11.7. The highest BCUT2D eigenvalue weighted by atomic mass is 32.1. The van der Waals surface area contributed by atoms with Crippen LogP contribution in [0.2, 0.25) is 0 Å². The second-order valence-electron chi connectivity index (χ2n) is 5.93. The number of benzene rings is 1. The predicted molar refractivity (Wildman–Crippen MR) is 109 cm³/mol. The van der Waals surface area contributed by atoms with Crippen LogP contribution >= 0.6 is 11.3 Å². The highest BCUT2D eigenvalue weighted by molar-refractivity contribution is 7.21. The lowest BCUT2D eigenvalue weighted by Crippen LogP contribution is -2.21. The van der Waals surface area contributed by atoms with Gasteiger partial charge in [-0.15, -0.1) is 11.3 Å². The lowest BCUT2D eigenvalue weighted by molar-refractivity contribution is 0.396. The molecule has 3 aromatic rings. The molecule has 4 nitrogen and oxygen atoms in total. The summed E-state index contributed by atoms with van der Waals surface area (Å²) in [6, 6.07) is 9.72. The fourth-order valence-corrected chi connectivity index (χ4v) is 3.83. The van der Waals surface area contributed by atoms with E-state index in [0.29, 0.717) is 16.3 Å². The zero-order valence-corrected chi connectivity index (χ0v) is 16.1. The Labute approximate surface area is 157 Å². The highest BCUT2D eigenvalue weighted by Crippen LogP contribution is 2.29. The number of rotatable bonds is 6. The Morgan fingerprint density at radius 1 is 1.31 bits per heavy atom. The molecule has 0 radical (unpaired) electrons. The molecule has 2 heterocycles. The molecule has 0 aliphatic rings. The van der Waals surface area contributed by atoms with Crippen LogP contribution < -0.4 is 5.63 Å². The molecule has 0 spiro atoms. The maximum absolute atomic E-state index is 12.6. The predicted octanol–water partition coefficient (Wildman–Crippen LogP) is 5.09. The van der Waals surface area contributed by atoms with E-state index in [1.807, 2.05) is 43.3 Å². The average molecular weight is 366 g/mol. The largest absolute Gasteiger partial charge is 0.422 e. The van der Waals surface area contributed by atoms with Crippen LogP contribution in [-0.2, 0) is 0 Å². The standard InChI is InChI=1S/C21H22N2O2S/c1-5-15(23(6-2)7-3)13-18-14(4)12-16(21(24)25-18)20-22-17-10-8-9-11-19(17)26-20/h5,8-13H,1,6-7H2,2-4H3/b15-13+. The van der Waals surface area contributed by atoms with Crippen molar-refractivity contribution in [2.75, 3.05) is 13.1 Å². The van der Waals surface area contributed by atoms with Crippen molar-refractivity contribution in [3.8, 4) is 10.6 Å². The van der Waals surface area contributed by atoms with Gasteiger partial charge in [-0.05, 0) is 50.6 Å². The van der Waals surface area contributed by atoms with E-state index in [4.69, 9.17) is 4.42 Å². The number of fused-ring (bicyclic) bond motifs is 1. The Balaban J connectivity index is 2.06. The molecule has 0 aliphatic carbocycles. The van der Waals surface area contributed by atoms with E-state index in [0.717, 1.165) is 34.6 Å². The van der Waals surface area contributed by atoms with Crippen molar-refractivity contribution in [1.29, 1.82) is 0 Å². The second-order valence-corrected chi connectivity index (χ2v) is 6.96. The smallest absolute Gasteiger partial charge is 0.346 e. The van der Waals surface area contributed by atoms with Gasteiger partial charge in [0.05, 0.1) is 15.8 Å². The third-order valence-corrected chi connectivity index (χ3v) is 5.38. The fourth-order valence-electron chi connectivity index (χ4n) is 2.86. The van der Waals surface area contributed by atoms with Gasteiger partial charge in [0, 0.05) is 24.9 Å². The molecule has 0 atom stereocenters. The summed E-state index contributed by atoms with van der Waals surface area (Å²) in [6.45, 7) is 11.7. The van der Waals surface area contributed by atoms with Crippen molar-refractivity contribution in [2.45, 2.75) is 20.8 Å². The lowest BCUT2D eigenvalue weighted by atomic mass is 10.1. The molecule has 5 heteroatoms. The third kappa shape index (κ3) is 3.48. The van der Waals surface area contributed by atoms with Crippen LogP contribution in [0.4, 0.5) is 0 Å². The van der Waals surface area contributed by atoms with Gasteiger partial charge in [-0.3, -0.25) is 0 Å². The van der Waals surface area contributed by atoms with Crippen LogP contribution in [0.5, 0.6) is 0 Å². The highest BCUT2D eigenvalue weighted by Gasteiger charge is 2.14. The molecular formula is C21H22N2O2S. The van der Waals surface area contributed by atoms with E-state index in [2.05, 4.69) is 30.3 Å². The van der Waals surface area contributed by atoms with Crippen molar-refractivity contribution in [1.82, 2.24) is 9.88 Å². The minimum absolute atomic E-state index is 0.371. The van der Waals surface area contributed by atoms with Gasteiger partial charge in [0.2, 0.25) is 0 Å². The van der Waals surface area contributed by atoms with E-state index in [-0.39, 0.29) is 5.63 Å². The molecule has 2 aromatic heterocycles. The molecule has 0 fully saturated rings. The number of likely N-dealkylation sites (N-methyl/N-ethyl adjacent to an activating group) is 1. The molecule has 1 aromatic carbocycles. The van der Waals surface area contributed by atoms with Crippen molar-refractivity contribution in [3.63, 3.8) is 0 Å². The number of para-hydroxylation sites is 1. The Bertz CT molecular complexity index is 993. The number of hydrogen-bond donors (Lipinski definition) is 0. The number of aromatic nitrogens is 1. The summed E-state index contributed by atoms with van der Waals surface area (Å²) >= 11 is 1.50. The van der Waals surface area contributed by atoms with E-state index < -0.39 is 0 Å². The Hall–Kier alpha value is -2.66. The van der Waals surface area contributed by atoms with Gasteiger partial charge in [0.25, 0.3) is 0 Å². The Morgan fingerprint density at radius 2 is 2.04 bits per heavy atom. The van der Waals surface area contributed by atoms with Crippen LogP contribution in [-0.4, -0.2) is 23.0 Å². The summed E-state index contributed by atoms with van der Waals surface area (Å²) in [5.41, 5.74) is 2.86. The maximum atomic E-state index is 12.6. The van der Waals surface area contributed by atoms with Crippen molar-refractivity contribution in [2.24, 2.45) is 0 Å². The van der Waals surface area contributed by atoms with Gasteiger partial charge in [0.15, 0.2) is 0 Å². The lowest BCUT2D eigenvalue weighted by Gasteiger charge is -2.22. The minimum atomic E-state index is -0.371. The van der Waals surface area contributed by atoms with Crippen LogP contribution in [0.25, 0.3) is 26.9 Å². The number of nitrogens with zero attached hydrogens (tertiary/aromatic N) is 2. The van der Waals surface area contributed by atoms with E-state index in [1.165, 1.54) is 11.3 Å². The molecular weight excluding hydrogens is 344 g/mol. The quantitative estimate of drug-likeness (QED) is 0.570. The number of aryl methyl sites for hydroxylation is 1. The molecule has 26 heavy (non-hydrogen) atoms. The SMILES string of the molecule is C=C/C(=C\c1oc(=O)c(-c2nc3ccccc3s2)cc1C)N(CC)CC.